The molecule has 5 nitrogen and oxygen atoms in total. The smallest absolute Gasteiger partial charge is 0.394 e. The lowest BCUT2D eigenvalue weighted by atomic mass is 10.2. The molecule has 0 aliphatic carbocycles. The molecule has 0 unspecified atom stereocenters. The molecule has 0 aliphatic rings. The molecular formula is C9H4F2N2O3. The Kier molecular flexibility index (Phi) is 2.35. The fourth-order valence-electron chi connectivity index (χ4n) is 1.11. The topological polar surface area (TPSA) is 76.2 Å². The molecule has 16 heavy (non-hydrogen) atoms. The molecule has 0 fully saturated rings. The van der Waals surface area contributed by atoms with Crippen LogP contribution in [0.4, 0.5) is 8.78 Å². The number of hydrogen-bond donors (Lipinski definition) is 1. The second kappa shape index (κ2) is 3.69. The molecule has 2 aromatic rings. The van der Waals surface area contributed by atoms with E-state index in [2.05, 4.69) is 14.7 Å². The molecule has 0 amide bonds. The minimum Gasteiger partial charge on any atom is -0.474 e. The number of carbonyl (C=O) groups is 1. The van der Waals surface area contributed by atoms with E-state index in [4.69, 9.17) is 5.11 Å². The van der Waals surface area contributed by atoms with Gasteiger partial charge in [-0.1, -0.05) is 5.16 Å². The van der Waals surface area contributed by atoms with Crippen LogP contribution in [0.5, 0.6) is 0 Å². The van der Waals surface area contributed by atoms with Gasteiger partial charge in [-0.05, 0) is 12.1 Å². The first-order chi connectivity index (χ1) is 7.56. The monoisotopic (exact) mass is 226 g/mol. The normalized spacial score (nSPS) is 10.4. The van der Waals surface area contributed by atoms with Gasteiger partial charge in [0.05, 0.1) is 0 Å². The van der Waals surface area contributed by atoms with Gasteiger partial charge in [0, 0.05) is 11.6 Å². The van der Waals surface area contributed by atoms with E-state index in [1.165, 1.54) is 0 Å². The van der Waals surface area contributed by atoms with E-state index < -0.39 is 23.5 Å². The Labute approximate surface area is 87.3 Å². The number of carboxylic acid groups (broad SMARTS) is 1. The van der Waals surface area contributed by atoms with Gasteiger partial charge in [0.25, 0.3) is 0 Å². The molecule has 7 heteroatoms. The Morgan fingerprint density at radius 2 is 1.88 bits per heavy atom. The van der Waals surface area contributed by atoms with Gasteiger partial charge < -0.3 is 9.63 Å². The SMILES string of the molecule is O=C(O)c1nc(-c2cc(F)cc(F)c2)no1. The third-order valence-electron chi connectivity index (χ3n) is 1.73. The van der Waals surface area contributed by atoms with Crippen LogP contribution < -0.4 is 0 Å². The summed E-state index contributed by atoms with van der Waals surface area (Å²) in [4.78, 5) is 13.9. The molecule has 0 radical (unpaired) electrons. The summed E-state index contributed by atoms with van der Waals surface area (Å²) in [6.07, 6.45) is 0. The summed E-state index contributed by atoms with van der Waals surface area (Å²) in [6.45, 7) is 0. The van der Waals surface area contributed by atoms with Crippen LogP contribution in [0.2, 0.25) is 0 Å². The van der Waals surface area contributed by atoms with Gasteiger partial charge >= 0.3 is 11.9 Å². The van der Waals surface area contributed by atoms with Crippen LogP contribution in [0, 0.1) is 11.6 Å². The third kappa shape index (κ3) is 1.88. The highest BCUT2D eigenvalue weighted by Gasteiger charge is 2.15. The molecule has 0 saturated carbocycles. The number of aromatic nitrogens is 2. The average molecular weight is 226 g/mol. The quantitative estimate of drug-likeness (QED) is 0.843. The maximum absolute atomic E-state index is 12.8. The van der Waals surface area contributed by atoms with Crippen molar-refractivity contribution in [3.8, 4) is 11.4 Å². The Morgan fingerprint density at radius 3 is 2.38 bits per heavy atom. The highest BCUT2D eigenvalue weighted by atomic mass is 19.1. The van der Waals surface area contributed by atoms with Crippen LogP contribution in [-0.2, 0) is 0 Å². The Balaban J connectivity index is 2.46. The lowest BCUT2D eigenvalue weighted by Crippen LogP contribution is -1.95. The number of hydrogen-bond acceptors (Lipinski definition) is 4. The van der Waals surface area contributed by atoms with Gasteiger partial charge in [-0.15, -0.1) is 0 Å². The van der Waals surface area contributed by atoms with Crippen molar-refractivity contribution >= 4 is 5.97 Å². The summed E-state index contributed by atoms with van der Waals surface area (Å²) in [5.41, 5.74) is 0.00810. The second-order valence-corrected chi connectivity index (χ2v) is 2.89. The van der Waals surface area contributed by atoms with Gasteiger partial charge in [0.2, 0.25) is 5.82 Å². The largest absolute Gasteiger partial charge is 0.474 e. The van der Waals surface area contributed by atoms with Crippen molar-refractivity contribution in [3.63, 3.8) is 0 Å². The van der Waals surface area contributed by atoms with Crippen molar-refractivity contribution in [2.45, 2.75) is 0 Å². The summed E-state index contributed by atoms with van der Waals surface area (Å²) < 4.78 is 30.0. The minimum absolute atomic E-state index is 0.00810. The molecular weight excluding hydrogens is 222 g/mol. The Hall–Kier alpha value is -2.31. The summed E-state index contributed by atoms with van der Waals surface area (Å²) in [7, 11) is 0. The van der Waals surface area contributed by atoms with Crippen molar-refractivity contribution < 1.29 is 23.2 Å². The molecule has 0 spiro atoms. The zero-order chi connectivity index (χ0) is 11.7. The number of benzene rings is 1. The zero-order valence-electron chi connectivity index (χ0n) is 7.65. The van der Waals surface area contributed by atoms with E-state index in [1.807, 2.05) is 0 Å². The number of carboxylic acids is 1. The van der Waals surface area contributed by atoms with Crippen molar-refractivity contribution in [2.75, 3.05) is 0 Å². The van der Waals surface area contributed by atoms with Crippen LogP contribution in [0.15, 0.2) is 22.7 Å². The van der Waals surface area contributed by atoms with Crippen LogP contribution in [0.3, 0.4) is 0 Å². The molecule has 1 N–H and O–H groups in total. The maximum Gasteiger partial charge on any atom is 0.394 e. The van der Waals surface area contributed by atoms with E-state index in [9.17, 15) is 13.6 Å². The first kappa shape index (κ1) is 10.2. The summed E-state index contributed by atoms with van der Waals surface area (Å²) >= 11 is 0. The first-order valence-corrected chi connectivity index (χ1v) is 4.10. The molecule has 1 aromatic heterocycles. The fourth-order valence-corrected chi connectivity index (χ4v) is 1.11. The summed E-state index contributed by atoms with van der Waals surface area (Å²) in [5.74, 6) is -3.85. The van der Waals surface area contributed by atoms with Crippen molar-refractivity contribution in [2.24, 2.45) is 0 Å². The average Bonchev–Trinajstić information content (AvgIpc) is 2.64. The highest BCUT2D eigenvalue weighted by molar-refractivity contribution is 5.82. The lowest BCUT2D eigenvalue weighted by molar-refractivity contribution is 0.0643. The third-order valence-corrected chi connectivity index (χ3v) is 1.73. The van der Waals surface area contributed by atoms with Gasteiger partial charge in [-0.25, -0.2) is 13.6 Å². The van der Waals surface area contributed by atoms with Crippen LogP contribution in [0.1, 0.15) is 10.7 Å². The van der Waals surface area contributed by atoms with E-state index in [0.29, 0.717) is 6.07 Å². The van der Waals surface area contributed by atoms with Gasteiger partial charge in [0.1, 0.15) is 11.6 Å². The number of rotatable bonds is 2. The standard InChI is InChI=1S/C9H4F2N2O3/c10-5-1-4(2-6(11)3-5)7-12-8(9(14)15)16-13-7/h1-3H,(H,14,15). The Bertz CT molecular complexity index is 533. The molecule has 2 rings (SSSR count). The van der Waals surface area contributed by atoms with E-state index >= 15 is 0 Å². The second-order valence-electron chi connectivity index (χ2n) is 2.89. The highest BCUT2D eigenvalue weighted by Crippen LogP contribution is 2.18. The van der Waals surface area contributed by atoms with Gasteiger partial charge in [-0.3, -0.25) is 0 Å². The molecule has 1 aromatic carbocycles. The molecule has 82 valence electrons. The summed E-state index contributed by atoms with van der Waals surface area (Å²) in [6, 6.07) is 2.63. The Morgan fingerprint density at radius 1 is 1.25 bits per heavy atom. The van der Waals surface area contributed by atoms with E-state index in [0.717, 1.165) is 12.1 Å². The summed E-state index contributed by atoms with van der Waals surface area (Å²) in [5, 5.41) is 11.8. The number of aromatic carboxylic acids is 1. The predicted molar refractivity (Wildman–Crippen MR) is 46.6 cm³/mol. The number of nitrogens with zero attached hydrogens (tertiary/aromatic N) is 2. The van der Waals surface area contributed by atoms with Crippen LogP contribution in [0.25, 0.3) is 11.4 Å². The molecule has 0 saturated heterocycles. The van der Waals surface area contributed by atoms with Crippen LogP contribution >= 0.6 is 0 Å². The number of halogens is 2. The molecule has 0 bridgehead atoms. The van der Waals surface area contributed by atoms with E-state index in [-0.39, 0.29) is 11.4 Å². The van der Waals surface area contributed by atoms with E-state index in [1.54, 1.807) is 0 Å². The van der Waals surface area contributed by atoms with Crippen molar-refractivity contribution in [3.05, 3.63) is 35.7 Å². The maximum atomic E-state index is 12.8. The lowest BCUT2D eigenvalue weighted by Gasteiger charge is -1.94. The zero-order valence-corrected chi connectivity index (χ0v) is 7.65. The van der Waals surface area contributed by atoms with Crippen molar-refractivity contribution in [1.82, 2.24) is 10.1 Å². The van der Waals surface area contributed by atoms with Crippen molar-refractivity contribution in [1.29, 1.82) is 0 Å². The van der Waals surface area contributed by atoms with Gasteiger partial charge in [-0.2, -0.15) is 4.98 Å². The molecule has 0 aliphatic heterocycles. The first-order valence-electron chi connectivity index (χ1n) is 4.10. The minimum atomic E-state index is -1.41. The van der Waals surface area contributed by atoms with Crippen LogP contribution in [-0.4, -0.2) is 21.2 Å². The predicted octanol–water partition coefficient (Wildman–Crippen LogP) is 1.71. The molecule has 1 heterocycles. The fraction of sp³-hybridized carbons (Fsp3) is 0. The van der Waals surface area contributed by atoms with Gasteiger partial charge in [0.15, 0.2) is 0 Å². The molecule has 0 atom stereocenters.